The third kappa shape index (κ3) is 1.74. The standard InChI is InChI=1S/C9H19NO/c1-7(2)8(6-11)9-4-5-10(9)3/h7-9,11H,4-6H2,1-3H3. The molecule has 1 aliphatic rings. The van der Waals surface area contributed by atoms with E-state index in [9.17, 15) is 0 Å². The van der Waals surface area contributed by atoms with Crippen molar-refractivity contribution in [3.63, 3.8) is 0 Å². The Morgan fingerprint density at radius 1 is 1.55 bits per heavy atom. The second-order valence-electron chi connectivity index (χ2n) is 3.93. The van der Waals surface area contributed by atoms with Gasteiger partial charge in [0, 0.05) is 12.6 Å². The number of aliphatic hydroxyl groups excluding tert-OH is 1. The van der Waals surface area contributed by atoms with Crippen molar-refractivity contribution in [3.05, 3.63) is 0 Å². The van der Waals surface area contributed by atoms with Gasteiger partial charge in [-0.15, -0.1) is 0 Å². The van der Waals surface area contributed by atoms with Crippen LogP contribution in [0.1, 0.15) is 20.3 Å². The van der Waals surface area contributed by atoms with Gasteiger partial charge in [-0.2, -0.15) is 0 Å². The number of rotatable bonds is 3. The van der Waals surface area contributed by atoms with E-state index in [0.717, 1.165) is 0 Å². The lowest BCUT2D eigenvalue weighted by Gasteiger charge is -2.44. The van der Waals surface area contributed by atoms with Crippen LogP contribution in [-0.2, 0) is 0 Å². The molecule has 2 atom stereocenters. The van der Waals surface area contributed by atoms with Gasteiger partial charge < -0.3 is 10.0 Å². The summed E-state index contributed by atoms with van der Waals surface area (Å²) in [7, 11) is 2.14. The minimum atomic E-state index is 0.340. The molecule has 2 unspecified atom stereocenters. The highest BCUT2D eigenvalue weighted by molar-refractivity contribution is 4.87. The highest BCUT2D eigenvalue weighted by Crippen LogP contribution is 2.27. The van der Waals surface area contributed by atoms with E-state index in [4.69, 9.17) is 5.11 Å². The van der Waals surface area contributed by atoms with Crippen molar-refractivity contribution in [1.82, 2.24) is 4.90 Å². The fourth-order valence-corrected chi connectivity index (χ4v) is 1.85. The maximum absolute atomic E-state index is 9.12. The molecule has 0 aromatic rings. The first-order chi connectivity index (χ1) is 5.16. The van der Waals surface area contributed by atoms with Gasteiger partial charge in [0.25, 0.3) is 0 Å². The van der Waals surface area contributed by atoms with Crippen LogP contribution in [0.5, 0.6) is 0 Å². The van der Waals surface area contributed by atoms with E-state index in [0.29, 0.717) is 24.5 Å². The molecule has 0 spiro atoms. The summed E-state index contributed by atoms with van der Waals surface area (Å²) in [6.07, 6.45) is 1.26. The summed E-state index contributed by atoms with van der Waals surface area (Å²) in [5.41, 5.74) is 0. The summed E-state index contributed by atoms with van der Waals surface area (Å²) in [6, 6.07) is 0.639. The number of hydrogen-bond donors (Lipinski definition) is 1. The molecule has 0 aromatic carbocycles. The van der Waals surface area contributed by atoms with Crippen LogP contribution in [-0.4, -0.2) is 36.2 Å². The highest BCUT2D eigenvalue weighted by Gasteiger charge is 2.33. The molecule has 1 rings (SSSR count). The Morgan fingerprint density at radius 2 is 2.18 bits per heavy atom. The van der Waals surface area contributed by atoms with Gasteiger partial charge in [0.2, 0.25) is 0 Å². The van der Waals surface area contributed by atoms with E-state index >= 15 is 0 Å². The Hall–Kier alpha value is -0.0800. The van der Waals surface area contributed by atoms with Crippen molar-refractivity contribution in [2.24, 2.45) is 11.8 Å². The predicted octanol–water partition coefficient (Wildman–Crippen LogP) is 0.955. The van der Waals surface area contributed by atoms with E-state index in [-0.39, 0.29) is 0 Å². The zero-order chi connectivity index (χ0) is 8.43. The van der Waals surface area contributed by atoms with Crippen LogP contribution >= 0.6 is 0 Å². The van der Waals surface area contributed by atoms with Crippen LogP contribution in [0.3, 0.4) is 0 Å². The van der Waals surface area contributed by atoms with Crippen molar-refractivity contribution in [1.29, 1.82) is 0 Å². The molecule has 1 fully saturated rings. The predicted molar refractivity (Wildman–Crippen MR) is 46.4 cm³/mol. The SMILES string of the molecule is CC(C)C(CO)C1CCN1C. The number of aliphatic hydroxyl groups is 1. The van der Waals surface area contributed by atoms with Gasteiger partial charge in [-0.25, -0.2) is 0 Å². The van der Waals surface area contributed by atoms with E-state index in [1.807, 2.05) is 0 Å². The molecule has 66 valence electrons. The van der Waals surface area contributed by atoms with E-state index in [1.54, 1.807) is 0 Å². The molecule has 0 aliphatic carbocycles. The van der Waals surface area contributed by atoms with Gasteiger partial charge in [-0.05, 0) is 31.8 Å². The highest BCUT2D eigenvalue weighted by atomic mass is 16.3. The second-order valence-corrected chi connectivity index (χ2v) is 3.93. The number of likely N-dealkylation sites (tertiary alicyclic amines) is 1. The van der Waals surface area contributed by atoms with Crippen LogP contribution in [0.15, 0.2) is 0 Å². The summed E-state index contributed by atoms with van der Waals surface area (Å²) in [5.74, 6) is 1.08. The summed E-state index contributed by atoms with van der Waals surface area (Å²) < 4.78 is 0. The molecule has 1 saturated heterocycles. The number of nitrogens with zero attached hydrogens (tertiary/aromatic N) is 1. The third-order valence-corrected chi connectivity index (χ3v) is 2.91. The lowest BCUT2D eigenvalue weighted by atomic mass is 9.83. The molecule has 0 radical (unpaired) electrons. The topological polar surface area (TPSA) is 23.5 Å². The van der Waals surface area contributed by atoms with Gasteiger partial charge in [0.15, 0.2) is 0 Å². The summed E-state index contributed by atoms with van der Waals surface area (Å²) in [5, 5.41) is 9.12. The lowest BCUT2D eigenvalue weighted by molar-refractivity contribution is 0.0217. The molecule has 1 aliphatic heterocycles. The Morgan fingerprint density at radius 3 is 2.27 bits per heavy atom. The van der Waals surface area contributed by atoms with Crippen molar-refractivity contribution in [2.45, 2.75) is 26.3 Å². The quantitative estimate of drug-likeness (QED) is 0.659. The molecule has 0 amide bonds. The zero-order valence-electron chi connectivity index (χ0n) is 7.75. The summed E-state index contributed by atoms with van der Waals surface area (Å²) in [4.78, 5) is 2.33. The normalized spacial score (nSPS) is 28.6. The molecule has 0 saturated carbocycles. The van der Waals surface area contributed by atoms with E-state index in [1.165, 1.54) is 13.0 Å². The van der Waals surface area contributed by atoms with Gasteiger partial charge in [0.05, 0.1) is 0 Å². The average Bonchev–Trinajstić information content (AvgIpc) is 1.96. The Kier molecular flexibility index (Phi) is 2.90. The van der Waals surface area contributed by atoms with Crippen LogP contribution < -0.4 is 0 Å². The van der Waals surface area contributed by atoms with Crippen LogP contribution in [0.2, 0.25) is 0 Å². The summed E-state index contributed by atoms with van der Waals surface area (Å²) in [6.45, 7) is 5.92. The molecular weight excluding hydrogens is 138 g/mol. The second kappa shape index (κ2) is 3.55. The minimum absolute atomic E-state index is 0.340. The Labute approximate surface area is 69.2 Å². The smallest absolute Gasteiger partial charge is 0.0476 e. The molecule has 1 N–H and O–H groups in total. The van der Waals surface area contributed by atoms with Gasteiger partial charge >= 0.3 is 0 Å². The fourth-order valence-electron chi connectivity index (χ4n) is 1.85. The molecule has 2 heteroatoms. The zero-order valence-corrected chi connectivity index (χ0v) is 7.75. The van der Waals surface area contributed by atoms with Crippen molar-refractivity contribution in [3.8, 4) is 0 Å². The Balaban J connectivity index is 2.41. The van der Waals surface area contributed by atoms with E-state index < -0.39 is 0 Å². The van der Waals surface area contributed by atoms with Crippen LogP contribution in [0.25, 0.3) is 0 Å². The van der Waals surface area contributed by atoms with Gasteiger partial charge in [-0.1, -0.05) is 13.8 Å². The average molecular weight is 157 g/mol. The first kappa shape index (κ1) is 9.01. The number of hydrogen-bond acceptors (Lipinski definition) is 2. The van der Waals surface area contributed by atoms with Crippen LogP contribution in [0.4, 0.5) is 0 Å². The van der Waals surface area contributed by atoms with Crippen LogP contribution in [0, 0.1) is 11.8 Å². The largest absolute Gasteiger partial charge is 0.396 e. The molecule has 11 heavy (non-hydrogen) atoms. The molecule has 1 heterocycles. The third-order valence-electron chi connectivity index (χ3n) is 2.91. The first-order valence-corrected chi connectivity index (χ1v) is 4.48. The van der Waals surface area contributed by atoms with Crippen molar-refractivity contribution < 1.29 is 5.11 Å². The molecule has 2 nitrogen and oxygen atoms in total. The minimum Gasteiger partial charge on any atom is -0.396 e. The van der Waals surface area contributed by atoms with Crippen molar-refractivity contribution in [2.75, 3.05) is 20.2 Å². The maximum Gasteiger partial charge on any atom is 0.0476 e. The maximum atomic E-state index is 9.12. The van der Waals surface area contributed by atoms with E-state index in [2.05, 4.69) is 25.8 Å². The lowest BCUT2D eigenvalue weighted by Crippen LogP contribution is -2.51. The Bertz CT molecular complexity index is 125. The molecule has 0 bridgehead atoms. The summed E-state index contributed by atoms with van der Waals surface area (Å²) >= 11 is 0. The fraction of sp³-hybridized carbons (Fsp3) is 1.00. The van der Waals surface area contributed by atoms with Gasteiger partial charge in [-0.3, -0.25) is 0 Å². The van der Waals surface area contributed by atoms with Crippen molar-refractivity contribution >= 4 is 0 Å². The van der Waals surface area contributed by atoms with Gasteiger partial charge in [0.1, 0.15) is 0 Å². The monoisotopic (exact) mass is 157 g/mol. The first-order valence-electron chi connectivity index (χ1n) is 4.48. The molecular formula is C9H19NO. The molecule has 0 aromatic heterocycles.